The van der Waals surface area contributed by atoms with Crippen molar-refractivity contribution in [2.45, 2.75) is 66.1 Å². The molecule has 4 aromatic carbocycles. The second-order valence-corrected chi connectivity index (χ2v) is 17.2. The van der Waals surface area contributed by atoms with Gasteiger partial charge in [-0.15, -0.1) is 11.3 Å². The second kappa shape index (κ2) is 19.9. The maximum Gasteiger partial charge on any atom is 0.257 e. The lowest BCUT2D eigenvalue weighted by Crippen LogP contribution is -2.38. The van der Waals surface area contributed by atoms with E-state index >= 15 is 4.39 Å². The molecule has 1 aliphatic rings. The van der Waals surface area contributed by atoms with Crippen molar-refractivity contribution in [3.63, 3.8) is 0 Å². The number of nitrogens with zero attached hydrogens (tertiary/aromatic N) is 6. The van der Waals surface area contributed by atoms with Gasteiger partial charge in [-0.05, 0) is 106 Å². The lowest BCUT2D eigenvalue weighted by Gasteiger charge is -2.27. The number of hydrogen-bond acceptors (Lipinski definition) is 10. The summed E-state index contributed by atoms with van der Waals surface area (Å²) in [5.74, 6) is 1.02. The predicted molar refractivity (Wildman–Crippen MR) is 251 cm³/mol. The number of carbonyl (C=O) groups excluding carboxylic acids is 1. The van der Waals surface area contributed by atoms with Crippen LogP contribution >= 0.6 is 11.3 Å². The largest absolute Gasteiger partial charge is 0.481 e. The van der Waals surface area contributed by atoms with Gasteiger partial charge in [-0.1, -0.05) is 35.5 Å². The van der Waals surface area contributed by atoms with Gasteiger partial charge in [0.15, 0.2) is 18.2 Å². The van der Waals surface area contributed by atoms with Crippen molar-refractivity contribution >= 4 is 50.1 Å². The molecule has 0 atom stereocenters. The highest BCUT2D eigenvalue weighted by Crippen LogP contribution is 2.34. The van der Waals surface area contributed by atoms with Crippen LogP contribution in [0.15, 0.2) is 88.2 Å². The Balaban J connectivity index is 0.730. The minimum Gasteiger partial charge on any atom is -0.481 e. The number of aromatic nitrogens is 5. The van der Waals surface area contributed by atoms with Gasteiger partial charge in [0.2, 0.25) is 0 Å². The summed E-state index contributed by atoms with van der Waals surface area (Å²) in [4.78, 5) is 24.6. The molecule has 9 rings (SSSR count). The van der Waals surface area contributed by atoms with E-state index in [-0.39, 0.29) is 18.3 Å². The van der Waals surface area contributed by atoms with Crippen molar-refractivity contribution in [1.82, 2.24) is 39.8 Å². The summed E-state index contributed by atoms with van der Waals surface area (Å²) in [7, 11) is 0. The number of carbonyl (C=O) groups is 1. The topological polar surface area (TPSA) is 125 Å². The molecule has 4 aromatic heterocycles. The number of morpholine rings is 1. The highest BCUT2D eigenvalue weighted by molar-refractivity contribution is 7.07. The number of aryl methyl sites for hydroxylation is 5. The van der Waals surface area contributed by atoms with Gasteiger partial charge in [-0.25, -0.2) is 14.4 Å². The number of amides is 1. The number of benzene rings is 4. The Kier molecular flexibility index (Phi) is 13.4. The minimum atomic E-state index is -0.489. The molecule has 0 radical (unpaired) electrons. The van der Waals surface area contributed by atoms with E-state index in [4.69, 9.17) is 19.0 Å². The van der Waals surface area contributed by atoms with Crippen LogP contribution in [-0.4, -0.2) is 87.6 Å². The number of ether oxygens (including phenoxy) is 2. The highest BCUT2D eigenvalue weighted by Gasteiger charge is 2.19. The Morgan fingerprint density at radius 1 is 0.859 bits per heavy atom. The van der Waals surface area contributed by atoms with Crippen molar-refractivity contribution in [3.8, 4) is 28.1 Å². The van der Waals surface area contributed by atoms with Crippen LogP contribution in [-0.2, 0) is 42.0 Å². The van der Waals surface area contributed by atoms with Crippen LogP contribution in [0.3, 0.4) is 0 Å². The maximum atomic E-state index is 15.3. The molecule has 1 saturated heterocycles. The van der Waals surface area contributed by atoms with Gasteiger partial charge < -0.3 is 33.8 Å². The average molecular weight is 883 g/mol. The van der Waals surface area contributed by atoms with Crippen LogP contribution in [0.1, 0.15) is 48.2 Å². The number of unbranched alkanes of at least 4 members (excludes halogenated alkanes) is 1. The fourth-order valence-corrected chi connectivity index (χ4v) is 9.51. The molecule has 14 heteroatoms. The lowest BCUT2D eigenvalue weighted by molar-refractivity contribution is -0.123. The Bertz CT molecular complexity index is 2860. The summed E-state index contributed by atoms with van der Waals surface area (Å²) in [6.45, 7) is 13.8. The van der Waals surface area contributed by atoms with Gasteiger partial charge in [0.1, 0.15) is 11.6 Å². The van der Waals surface area contributed by atoms with Gasteiger partial charge in [0, 0.05) is 90.5 Å². The molecule has 0 saturated carbocycles. The molecular weight excluding hydrogens is 828 g/mol. The van der Waals surface area contributed by atoms with E-state index in [0.29, 0.717) is 19.4 Å². The first-order valence-electron chi connectivity index (χ1n) is 22.4. The van der Waals surface area contributed by atoms with E-state index in [1.165, 1.54) is 33.4 Å². The number of fused-ring (bicyclic) bond motifs is 4. The monoisotopic (exact) mass is 882 g/mol. The van der Waals surface area contributed by atoms with Crippen LogP contribution in [0.4, 0.5) is 4.39 Å². The zero-order valence-electron chi connectivity index (χ0n) is 36.8. The normalized spacial score (nSPS) is 13.4. The molecule has 2 N–H and O–H groups in total. The number of thiazole rings is 1. The molecule has 1 fully saturated rings. The summed E-state index contributed by atoms with van der Waals surface area (Å²) in [5.41, 5.74) is 13.4. The van der Waals surface area contributed by atoms with Gasteiger partial charge in [0.25, 0.3) is 5.91 Å². The van der Waals surface area contributed by atoms with Crippen molar-refractivity contribution in [3.05, 3.63) is 118 Å². The Labute approximate surface area is 376 Å². The van der Waals surface area contributed by atoms with Crippen molar-refractivity contribution < 1.29 is 23.2 Å². The maximum absolute atomic E-state index is 15.3. The zero-order valence-corrected chi connectivity index (χ0v) is 37.6. The molecule has 0 unspecified atom stereocenters. The molecular formula is C50H55FN8O4S. The van der Waals surface area contributed by atoms with Gasteiger partial charge in [-0.3, -0.25) is 9.69 Å². The van der Waals surface area contributed by atoms with E-state index < -0.39 is 5.82 Å². The summed E-state index contributed by atoms with van der Waals surface area (Å²) in [5, 5.41) is 15.2. The highest BCUT2D eigenvalue weighted by atomic mass is 32.1. The fraction of sp³-hybridized carbons (Fsp3) is 0.360. The number of halogens is 1. The van der Waals surface area contributed by atoms with Crippen molar-refractivity contribution in [2.75, 3.05) is 52.5 Å². The summed E-state index contributed by atoms with van der Waals surface area (Å²) < 4.78 is 36.6. The SMILES string of the molecule is CCn1c2ccc(CNCCCCNC(=O)COc3ccc(CCc4nc5cc(-c6c(C)noc6C)ccc5n4CCN4CCOCC4)cc3F)cc2c2ccc(-c3cscn3)cc21. The molecule has 64 heavy (non-hydrogen) atoms. The van der Waals surface area contributed by atoms with Crippen molar-refractivity contribution in [2.24, 2.45) is 0 Å². The van der Waals surface area contributed by atoms with E-state index in [9.17, 15) is 4.79 Å². The van der Waals surface area contributed by atoms with Gasteiger partial charge >= 0.3 is 0 Å². The van der Waals surface area contributed by atoms with Crippen LogP contribution in [0, 0.1) is 19.7 Å². The Morgan fingerprint density at radius 3 is 2.48 bits per heavy atom. The standard InChI is InChI=1S/C50H55FN8O4S/c1-4-58-44-13-7-36(25-40(44)39-12-10-37(28-46(39)58)43-31-64-32-54-43)29-52-17-5-6-18-53-49(60)30-62-47-15-8-35(26-41(47)51)9-16-48-55-42-27-38(50-33(2)56-63-34(50)3)11-14-45(42)59(48)20-19-57-21-23-61-24-22-57/h7-8,10-15,25-28,31-32,52H,4-6,9,16-24,29-30H2,1-3H3,(H,53,60). The van der Waals surface area contributed by atoms with E-state index in [1.807, 2.05) is 25.4 Å². The zero-order chi connectivity index (χ0) is 44.0. The molecule has 12 nitrogen and oxygen atoms in total. The smallest absolute Gasteiger partial charge is 0.257 e. The Morgan fingerprint density at radius 2 is 1.69 bits per heavy atom. The molecule has 5 heterocycles. The molecule has 1 aliphatic heterocycles. The third-order valence-corrected chi connectivity index (χ3v) is 12.9. The first-order valence-corrected chi connectivity index (χ1v) is 23.3. The first kappa shape index (κ1) is 43.3. The van der Waals surface area contributed by atoms with E-state index in [1.54, 1.807) is 17.4 Å². The van der Waals surface area contributed by atoms with Crippen molar-refractivity contribution in [1.29, 1.82) is 0 Å². The molecule has 0 spiro atoms. The van der Waals surface area contributed by atoms with Crippen LogP contribution in [0.25, 0.3) is 55.2 Å². The minimum absolute atomic E-state index is 0.0607. The molecule has 8 aromatic rings. The molecule has 332 valence electrons. The second-order valence-electron chi connectivity index (χ2n) is 16.5. The lowest BCUT2D eigenvalue weighted by atomic mass is 10.0. The summed E-state index contributed by atoms with van der Waals surface area (Å²) in [6.07, 6.45) is 2.95. The van der Waals surface area contributed by atoms with Crippen LogP contribution < -0.4 is 15.4 Å². The predicted octanol–water partition coefficient (Wildman–Crippen LogP) is 8.88. The average Bonchev–Trinajstić information content (AvgIpc) is 4.11. The number of imidazole rings is 1. The van der Waals surface area contributed by atoms with E-state index in [2.05, 4.69) is 102 Å². The third kappa shape index (κ3) is 9.60. The Hall–Kier alpha value is -5.93. The third-order valence-electron chi connectivity index (χ3n) is 12.3. The molecule has 0 aliphatic carbocycles. The number of nitrogens with one attached hydrogen (secondary N) is 2. The van der Waals surface area contributed by atoms with Gasteiger partial charge in [-0.2, -0.15) is 0 Å². The van der Waals surface area contributed by atoms with E-state index in [0.717, 1.165) is 128 Å². The van der Waals surface area contributed by atoms with Crippen LogP contribution in [0.2, 0.25) is 0 Å². The van der Waals surface area contributed by atoms with Crippen LogP contribution in [0.5, 0.6) is 5.75 Å². The first-order chi connectivity index (χ1) is 31.3. The van der Waals surface area contributed by atoms with Gasteiger partial charge in [0.05, 0.1) is 41.1 Å². The summed E-state index contributed by atoms with van der Waals surface area (Å²) in [6, 6.07) is 24.7. The molecule has 0 bridgehead atoms. The number of hydrogen-bond donors (Lipinski definition) is 2. The molecule has 1 amide bonds. The quantitative estimate of drug-likeness (QED) is 0.0767. The number of rotatable bonds is 19. The summed E-state index contributed by atoms with van der Waals surface area (Å²) >= 11 is 1.61. The fourth-order valence-electron chi connectivity index (χ4n) is 8.95.